The fourth-order valence-electron chi connectivity index (χ4n) is 4.08. The van der Waals surface area contributed by atoms with E-state index in [0.29, 0.717) is 18.0 Å². The SMILES string of the molecule is COc1ccc(CNC(=O)C2CCN(c3ncnc4oc(C)c(C)c34)CC2)c(OC)c1. The van der Waals surface area contributed by atoms with Crippen LogP contribution < -0.4 is 19.7 Å². The molecule has 1 amide bonds. The molecular weight excluding hydrogens is 396 g/mol. The van der Waals surface area contributed by atoms with Gasteiger partial charge in [-0.3, -0.25) is 4.79 Å². The van der Waals surface area contributed by atoms with Crippen LogP contribution in [-0.2, 0) is 11.3 Å². The summed E-state index contributed by atoms with van der Waals surface area (Å²) in [5.41, 5.74) is 2.61. The summed E-state index contributed by atoms with van der Waals surface area (Å²) in [6, 6.07) is 5.60. The van der Waals surface area contributed by atoms with E-state index in [1.54, 1.807) is 20.5 Å². The Bertz CT molecular complexity index is 1090. The van der Waals surface area contributed by atoms with E-state index in [2.05, 4.69) is 20.2 Å². The number of nitrogens with zero attached hydrogens (tertiary/aromatic N) is 3. The molecule has 31 heavy (non-hydrogen) atoms. The molecule has 1 saturated heterocycles. The minimum absolute atomic E-state index is 0.0231. The van der Waals surface area contributed by atoms with Gasteiger partial charge in [0.1, 0.15) is 29.4 Å². The second kappa shape index (κ2) is 8.83. The van der Waals surface area contributed by atoms with Crippen LogP contribution in [0.5, 0.6) is 11.5 Å². The van der Waals surface area contributed by atoms with Crippen LogP contribution in [0.25, 0.3) is 11.1 Å². The van der Waals surface area contributed by atoms with E-state index in [9.17, 15) is 4.79 Å². The van der Waals surface area contributed by atoms with Crippen LogP contribution in [0.1, 0.15) is 29.7 Å². The molecule has 1 aliphatic rings. The van der Waals surface area contributed by atoms with Crippen molar-refractivity contribution in [3.63, 3.8) is 0 Å². The smallest absolute Gasteiger partial charge is 0.231 e. The van der Waals surface area contributed by atoms with Crippen molar-refractivity contribution >= 4 is 22.8 Å². The van der Waals surface area contributed by atoms with Crippen LogP contribution >= 0.6 is 0 Å². The number of methoxy groups -OCH3 is 2. The monoisotopic (exact) mass is 424 g/mol. The number of ether oxygens (including phenoxy) is 2. The summed E-state index contributed by atoms with van der Waals surface area (Å²) in [6.07, 6.45) is 3.08. The van der Waals surface area contributed by atoms with Gasteiger partial charge in [0.2, 0.25) is 11.6 Å². The van der Waals surface area contributed by atoms with Crippen molar-refractivity contribution in [3.05, 3.63) is 41.4 Å². The number of amides is 1. The molecule has 0 unspecified atom stereocenters. The Morgan fingerprint density at radius 2 is 1.97 bits per heavy atom. The molecule has 8 nitrogen and oxygen atoms in total. The second-order valence-corrected chi connectivity index (χ2v) is 7.82. The molecule has 3 heterocycles. The van der Waals surface area contributed by atoms with Gasteiger partial charge in [0.05, 0.1) is 19.6 Å². The molecule has 4 rings (SSSR count). The third kappa shape index (κ3) is 4.15. The fourth-order valence-corrected chi connectivity index (χ4v) is 4.08. The Kier molecular flexibility index (Phi) is 5.97. The first-order valence-corrected chi connectivity index (χ1v) is 10.5. The summed E-state index contributed by atoms with van der Waals surface area (Å²) in [4.78, 5) is 23.8. The Morgan fingerprint density at radius 3 is 2.68 bits per heavy atom. The van der Waals surface area contributed by atoms with Gasteiger partial charge in [-0.15, -0.1) is 0 Å². The molecule has 1 aromatic carbocycles. The number of fused-ring (bicyclic) bond motifs is 1. The molecule has 8 heteroatoms. The summed E-state index contributed by atoms with van der Waals surface area (Å²) >= 11 is 0. The minimum Gasteiger partial charge on any atom is -0.497 e. The Labute approximate surface area is 181 Å². The van der Waals surface area contributed by atoms with E-state index >= 15 is 0 Å². The largest absolute Gasteiger partial charge is 0.497 e. The number of aromatic nitrogens is 2. The zero-order valence-corrected chi connectivity index (χ0v) is 18.4. The average Bonchev–Trinajstić information content (AvgIpc) is 3.11. The Morgan fingerprint density at radius 1 is 1.19 bits per heavy atom. The molecule has 1 aliphatic heterocycles. The van der Waals surface area contributed by atoms with E-state index in [1.165, 1.54) is 0 Å². The fraction of sp³-hybridized carbons (Fsp3) is 0.435. The number of carbonyl (C=O) groups excluding carboxylic acids is 1. The van der Waals surface area contributed by atoms with Gasteiger partial charge in [0.25, 0.3) is 0 Å². The Balaban J connectivity index is 1.38. The number of furan rings is 1. The highest BCUT2D eigenvalue weighted by atomic mass is 16.5. The van der Waals surface area contributed by atoms with Gasteiger partial charge in [-0.1, -0.05) is 0 Å². The lowest BCUT2D eigenvalue weighted by atomic mass is 9.95. The number of hydrogen-bond donors (Lipinski definition) is 1. The molecule has 0 spiro atoms. The first-order chi connectivity index (χ1) is 15.0. The molecular formula is C23H28N4O4. The highest BCUT2D eigenvalue weighted by Crippen LogP contribution is 2.32. The van der Waals surface area contributed by atoms with Gasteiger partial charge < -0.3 is 24.1 Å². The lowest BCUT2D eigenvalue weighted by Crippen LogP contribution is -2.40. The quantitative estimate of drug-likeness (QED) is 0.649. The van der Waals surface area contributed by atoms with E-state index in [0.717, 1.165) is 59.8 Å². The predicted molar refractivity (Wildman–Crippen MR) is 118 cm³/mol. The number of benzene rings is 1. The molecule has 1 fully saturated rings. The molecule has 2 aromatic heterocycles. The van der Waals surface area contributed by atoms with Gasteiger partial charge in [0.15, 0.2) is 0 Å². The van der Waals surface area contributed by atoms with E-state index in [4.69, 9.17) is 13.9 Å². The number of piperidine rings is 1. The molecule has 0 aliphatic carbocycles. The first kappa shape index (κ1) is 21.0. The van der Waals surface area contributed by atoms with Gasteiger partial charge in [-0.25, -0.2) is 9.97 Å². The number of carbonyl (C=O) groups is 1. The van der Waals surface area contributed by atoms with Crippen LogP contribution in [0.4, 0.5) is 5.82 Å². The van der Waals surface area contributed by atoms with E-state index < -0.39 is 0 Å². The number of hydrogen-bond acceptors (Lipinski definition) is 7. The van der Waals surface area contributed by atoms with Gasteiger partial charge >= 0.3 is 0 Å². The van der Waals surface area contributed by atoms with Crippen molar-refractivity contribution in [3.8, 4) is 11.5 Å². The third-order valence-electron chi connectivity index (χ3n) is 6.06. The van der Waals surface area contributed by atoms with Crippen molar-refractivity contribution in [2.75, 3.05) is 32.2 Å². The lowest BCUT2D eigenvalue weighted by molar-refractivity contribution is -0.125. The van der Waals surface area contributed by atoms with Crippen LogP contribution in [0.2, 0.25) is 0 Å². The van der Waals surface area contributed by atoms with E-state index in [1.807, 2.05) is 32.0 Å². The van der Waals surface area contributed by atoms with Crippen molar-refractivity contribution in [1.29, 1.82) is 0 Å². The summed E-state index contributed by atoms with van der Waals surface area (Å²) in [5, 5.41) is 4.03. The van der Waals surface area contributed by atoms with Crippen LogP contribution in [0.3, 0.4) is 0 Å². The number of nitrogens with one attached hydrogen (secondary N) is 1. The van der Waals surface area contributed by atoms with Gasteiger partial charge in [-0.05, 0) is 38.8 Å². The zero-order valence-electron chi connectivity index (χ0n) is 18.4. The van der Waals surface area contributed by atoms with Crippen LogP contribution in [0, 0.1) is 19.8 Å². The van der Waals surface area contributed by atoms with Crippen LogP contribution in [-0.4, -0.2) is 43.2 Å². The third-order valence-corrected chi connectivity index (χ3v) is 6.06. The van der Waals surface area contributed by atoms with Crippen molar-refractivity contribution in [2.45, 2.75) is 33.2 Å². The van der Waals surface area contributed by atoms with Crippen molar-refractivity contribution in [1.82, 2.24) is 15.3 Å². The van der Waals surface area contributed by atoms with Gasteiger partial charge in [0, 0.05) is 42.7 Å². The molecule has 0 bridgehead atoms. The maximum Gasteiger partial charge on any atom is 0.231 e. The normalized spacial score (nSPS) is 14.6. The number of anilines is 1. The average molecular weight is 425 g/mol. The summed E-state index contributed by atoms with van der Waals surface area (Å²) in [5.74, 6) is 3.22. The number of rotatable bonds is 6. The maximum absolute atomic E-state index is 12.8. The van der Waals surface area contributed by atoms with Crippen molar-refractivity contribution in [2.24, 2.45) is 5.92 Å². The molecule has 3 aromatic rings. The maximum atomic E-state index is 12.8. The first-order valence-electron chi connectivity index (χ1n) is 10.5. The van der Waals surface area contributed by atoms with E-state index in [-0.39, 0.29) is 11.8 Å². The zero-order chi connectivity index (χ0) is 22.0. The molecule has 0 atom stereocenters. The van der Waals surface area contributed by atoms with Crippen molar-refractivity contribution < 1.29 is 18.7 Å². The summed E-state index contributed by atoms with van der Waals surface area (Å²) < 4.78 is 16.4. The lowest BCUT2D eigenvalue weighted by Gasteiger charge is -2.32. The van der Waals surface area contributed by atoms with Gasteiger partial charge in [-0.2, -0.15) is 0 Å². The second-order valence-electron chi connectivity index (χ2n) is 7.82. The highest BCUT2D eigenvalue weighted by Gasteiger charge is 2.27. The predicted octanol–water partition coefficient (Wildman–Crippen LogP) is 3.39. The molecule has 0 saturated carbocycles. The topological polar surface area (TPSA) is 89.7 Å². The van der Waals surface area contributed by atoms with Crippen LogP contribution in [0.15, 0.2) is 28.9 Å². The molecule has 0 radical (unpaired) electrons. The summed E-state index contributed by atoms with van der Waals surface area (Å²) in [6.45, 7) is 5.92. The minimum atomic E-state index is -0.0231. The molecule has 164 valence electrons. The number of aryl methyl sites for hydroxylation is 2. The highest BCUT2D eigenvalue weighted by molar-refractivity contribution is 5.90. The molecule has 1 N–H and O–H groups in total. The summed E-state index contributed by atoms with van der Waals surface area (Å²) in [7, 11) is 3.23. The standard InChI is InChI=1S/C23H28N4O4/c1-14-15(2)31-23-20(14)21(25-13-26-23)27-9-7-16(8-10-27)22(28)24-12-17-5-6-18(29-3)11-19(17)30-4/h5-6,11,13,16H,7-10,12H2,1-4H3,(H,24,28). The Hall–Kier alpha value is -3.29.